The number of carbonyl (C=O) groups excluding carboxylic acids is 2. The van der Waals surface area contributed by atoms with Crippen molar-refractivity contribution in [1.29, 1.82) is 0 Å². The first-order valence-corrected chi connectivity index (χ1v) is 9.59. The number of nitrogens with zero attached hydrogens (tertiary/aromatic N) is 2. The average Bonchev–Trinajstić information content (AvgIpc) is 2.81. The number of benzene rings is 1. The highest BCUT2D eigenvalue weighted by Gasteiger charge is 2.45. The molecule has 1 fully saturated rings. The van der Waals surface area contributed by atoms with E-state index in [0.717, 1.165) is 5.56 Å². The van der Waals surface area contributed by atoms with E-state index in [1.165, 1.54) is 4.90 Å². The van der Waals surface area contributed by atoms with Gasteiger partial charge in [-0.2, -0.15) is 0 Å². The molecule has 1 aromatic carbocycles. The van der Waals surface area contributed by atoms with Crippen LogP contribution in [0.3, 0.4) is 0 Å². The largest absolute Gasteiger partial charge is 0.370 e. The minimum atomic E-state index is -0.811. The number of carbonyl (C=O) groups is 2. The van der Waals surface area contributed by atoms with Crippen molar-refractivity contribution in [1.82, 2.24) is 15.5 Å². The van der Waals surface area contributed by atoms with Gasteiger partial charge in [0.25, 0.3) is 5.91 Å². The van der Waals surface area contributed by atoms with E-state index in [-0.39, 0.29) is 47.9 Å². The van der Waals surface area contributed by atoms with E-state index in [0.29, 0.717) is 36.0 Å². The summed E-state index contributed by atoms with van der Waals surface area (Å²) in [6.07, 6.45) is 1.08. The van der Waals surface area contributed by atoms with Gasteiger partial charge in [-0.1, -0.05) is 36.2 Å². The fraction of sp³-hybridized carbons (Fsp3) is 0.500. The number of guanidine groups is 1. The lowest BCUT2D eigenvalue weighted by Crippen LogP contribution is -2.43. The van der Waals surface area contributed by atoms with Crippen molar-refractivity contribution in [3.05, 3.63) is 33.8 Å². The summed E-state index contributed by atoms with van der Waals surface area (Å²) in [5, 5.41) is 6.91. The van der Waals surface area contributed by atoms with Crippen LogP contribution in [0.25, 0.3) is 0 Å². The van der Waals surface area contributed by atoms with Crippen molar-refractivity contribution < 1.29 is 9.59 Å². The van der Waals surface area contributed by atoms with Crippen LogP contribution in [0.2, 0.25) is 10.0 Å². The molecule has 156 valence electrons. The third-order valence-corrected chi connectivity index (χ3v) is 5.23. The summed E-state index contributed by atoms with van der Waals surface area (Å²) in [6.45, 7) is 6.20. The monoisotopic (exact) mass is 541 g/mol. The fourth-order valence-corrected chi connectivity index (χ4v) is 3.39. The second-order valence-electron chi connectivity index (χ2n) is 6.72. The standard InChI is InChI=1S/C18H25Cl2N5O2.HI/c1-4-18(3)15(26)25(17(27)24-18)9-5-8-22-16(21)23-11(2)13-7-6-12(19)10-14(13)20;/h6-7,10-11H,4-5,8-9H2,1-3H3,(H,24,27)(H3,21,22,23);1H. The quantitative estimate of drug-likeness (QED) is 0.161. The highest BCUT2D eigenvalue weighted by Crippen LogP contribution is 2.26. The molecule has 1 saturated heterocycles. The lowest BCUT2D eigenvalue weighted by molar-refractivity contribution is -0.130. The Bertz CT molecular complexity index is 761. The van der Waals surface area contributed by atoms with Gasteiger partial charge in [-0.3, -0.25) is 14.7 Å². The molecule has 3 amide bonds. The lowest BCUT2D eigenvalue weighted by Gasteiger charge is -2.19. The number of imide groups is 1. The highest BCUT2D eigenvalue weighted by atomic mass is 127. The first-order chi connectivity index (χ1) is 12.7. The van der Waals surface area contributed by atoms with Gasteiger partial charge in [-0.15, -0.1) is 24.0 Å². The molecule has 0 spiro atoms. The third-order valence-electron chi connectivity index (χ3n) is 4.67. The van der Waals surface area contributed by atoms with Crippen LogP contribution in [0.5, 0.6) is 0 Å². The maximum absolute atomic E-state index is 12.3. The van der Waals surface area contributed by atoms with Gasteiger partial charge in [0.05, 0.1) is 6.04 Å². The Balaban J connectivity index is 0.00000392. The molecule has 2 unspecified atom stereocenters. The molecule has 7 nitrogen and oxygen atoms in total. The Hall–Kier alpha value is -1.26. The molecular weight excluding hydrogens is 516 g/mol. The number of nitrogens with two attached hydrogens (primary N) is 1. The molecule has 2 rings (SSSR count). The van der Waals surface area contributed by atoms with E-state index in [1.807, 2.05) is 19.9 Å². The Morgan fingerprint density at radius 1 is 1.39 bits per heavy atom. The molecule has 1 heterocycles. The van der Waals surface area contributed by atoms with Gasteiger partial charge >= 0.3 is 6.03 Å². The van der Waals surface area contributed by atoms with Gasteiger partial charge in [0.15, 0.2) is 5.96 Å². The summed E-state index contributed by atoms with van der Waals surface area (Å²) in [5.74, 6) is 0.0696. The molecule has 10 heteroatoms. The lowest BCUT2D eigenvalue weighted by atomic mass is 9.99. The van der Waals surface area contributed by atoms with Crippen LogP contribution in [-0.2, 0) is 4.79 Å². The van der Waals surface area contributed by atoms with Gasteiger partial charge in [-0.05, 0) is 44.4 Å². The van der Waals surface area contributed by atoms with Gasteiger partial charge in [-0.25, -0.2) is 4.79 Å². The summed E-state index contributed by atoms with van der Waals surface area (Å²) >= 11 is 12.1. The topological polar surface area (TPSA) is 99.8 Å². The highest BCUT2D eigenvalue weighted by molar-refractivity contribution is 14.0. The molecule has 0 aliphatic carbocycles. The SMILES string of the molecule is CCC1(C)NC(=O)N(CCCN=C(N)NC(C)c2ccc(Cl)cc2Cl)C1=O.I. The van der Waals surface area contributed by atoms with Crippen LogP contribution in [0.15, 0.2) is 23.2 Å². The second-order valence-corrected chi connectivity index (χ2v) is 7.57. The number of urea groups is 1. The van der Waals surface area contributed by atoms with Crippen molar-refractivity contribution >= 4 is 65.1 Å². The minimum Gasteiger partial charge on any atom is -0.370 e. The molecule has 2 atom stereocenters. The number of aliphatic imine (C=N–C) groups is 1. The predicted molar refractivity (Wildman–Crippen MR) is 123 cm³/mol. The van der Waals surface area contributed by atoms with Crippen LogP contribution in [0, 0.1) is 0 Å². The van der Waals surface area contributed by atoms with Gasteiger partial charge in [0, 0.05) is 23.1 Å². The smallest absolute Gasteiger partial charge is 0.325 e. The molecule has 0 radical (unpaired) electrons. The van der Waals surface area contributed by atoms with Crippen LogP contribution in [0.4, 0.5) is 4.79 Å². The van der Waals surface area contributed by atoms with Crippen molar-refractivity contribution in [3.63, 3.8) is 0 Å². The van der Waals surface area contributed by atoms with Crippen molar-refractivity contribution in [2.75, 3.05) is 13.1 Å². The van der Waals surface area contributed by atoms with E-state index in [1.54, 1.807) is 19.1 Å². The average molecular weight is 542 g/mol. The van der Waals surface area contributed by atoms with E-state index in [4.69, 9.17) is 28.9 Å². The van der Waals surface area contributed by atoms with Crippen molar-refractivity contribution in [2.24, 2.45) is 10.7 Å². The maximum Gasteiger partial charge on any atom is 0.325 e. The van der Waals surface area contributed by atoms with E-state index in [2.05, 4.69) is 15.6 Å². The maximum atomic E-state index is 12.3. The summed E-state index contributed by atoms with van der Waals surface area (Å²) in [6, 6.07) is 4.76. The molecule has 1 aromatic rings. The summed E-state index contributed by atoms with van der Waals surface area (Å²) in [7, 11) is 0. The van der Waals surface area contributed by atoms with E-state index in [9.17, 15) is 9.59 Å². The summed E-state index contributed by atoms with van der Waals surface area (Å²) in [5.41, 5.74) is 5.96. The molecule has 28 heavy (non-hydrogen) atoms. The molecule has 1 aliphatic rings. The van der Waals surface area contributed by atoms with Crippen LogP contribution in [-0.4, -0.2) is 41.4 Å². The Morgan fingerprint density at radius 3 is 2.64 bits per heavy atom. The van der Waals surface area contributed by atoms with Gasteiger partial charge in [0.1, 0.15) is 5.54 Å². The number of halogens is 3. The van der Waals surface area contributed by atoms with Gasteiger partial charge < -0.3 is 16.4 Å². The zero-order valence-electron chi connectivity index (χ0n) is 16.1. The summed E-state index contributed by atoms with van der Waals surface area (Å²) < 4.78 is 0. The van der Waals surface area contributed by atoms with Crippen molar-refractivity contribution in [2.45, 2.75) is 45.2 Å². The zero-order chi connectivity index (χ0) is 20.2. The molecule has 0 saturated carbocycles. The van der Waals surface area contributed by atoms with E-state index >= 15 is 0 Å². The zero-order valence-corrected chi connectivity index (χ0v) is 19.9. The Kier molecular flexibility index (Phi) is 9.29. The van der Waals surface area contributed by atoms with Crippen LogP contribution < -0.4 is 16.4 Å². The first kappa shape index (κ1) is 24.8. The Morgan fingerprint density at radius 2 is 2.07 bits per heavy atom. The second kappa shape index (κ2) is 10.5. The van der Waals surface area contributed by atoms with Crippen molar-refractivity contribution in [3.8, 4) is 0 Å². The third kappa shape index (κ3) is 5.87. The number of hydrogen-bond donors (Lipinski definition) is 3. The summed E-state index contributed by atoms with van der Waals surface area (Å²) in [4.78, 5) is 29.7. The van der Waals surface area contributed by atoms with E-state index < -0.39 is 5.54 Å². The number of nitrogens with one attached hydrogen (secondary N) is 2. The fourth-order valence-electron chi connectivity index (χ4n) is 2.82. The molecule has 0 bridgehead atoms. The molecule has 1 aliphatic heterocycles. The number of amides is 3. The normalized spacial score (nSPS) is 20.6. The number of hydrogen-bond acceptors (Lipinski definition) is 3. The number of rotatable bonds is 7. The Labute approximate surface area is 192 Å². The van der Waals surface area contributed by atoms with Gasteiger partial charge in [0.2, 0.25) is 0 Å². The van der Waals surface area contributed by atoms with Crippen LogP contribution in [0.1, 0.15) is 45.2 Å². The molecule has 0 aromatic heterocycles. The minimum absolute atomic E-state index is 0. The molecular formula is C18H26Cl2IN5O2. The predicted octanol–water partition coefficient (Wildman–Crippen LogP) is 3.69. The first-order valence-electron chi connectivity index (χ1n) is 8.83. The van der Waals surface area contributed by atoms with Crippen LogP contribution >= 0.6 is 47.2 Å². The molecule has 4 N–H and O–H groups in total.